The van der Waals surface area contributed by atoms with E-state index in [2.05, 4.69) is 26.2 Å². The maximum atomic E-state index is 13.9. The summed E-state index contributed by atoms with van der Waals surface area (Å²) in [7, 11) is -3.06. The zero-order valence-electron chi connectivity index (χ0n) is 16.4. The molecule has 1 aliphatic rings. The molecule has 0 radical (unpaired) electrons. The monoisotopic (exact) mass is 535 g/mol. The average molecular weight is 536 g/mol. The second kappa shape index (κ2) is 8.00. The molecule has 32 heavy (non-hydrogen) atoms. The third-order valence-electron chi connectivity index (χ3n) is 5.20. The number of hydrogen-bond donors (Lipinski definition) is 2. The number of nitrogens with zero attached hydrogens (tertiary/aromatic N) is 2. The van der Waals surface area contributed by atoms with Gasteiger partial charge in [0.1, 0.15) is 5.82 Å². The van der Waals surface area contributed by atoms with Crippen molar-refractivity contribution >= 4 is 49.3 Å². The number of nitrogens with one attached hydrogen (secondary N) is 1. The van der Waals surface area contributed by atoms with Crippen molar-refractivity contribution in [3.63, 3.8) is 0 Å². The van der Waals surface area contributed by atoms with Gasteiger partial charge >= 0.3 is 10.1 Å². The molecular weight excluding hydrogens is 521 g/mol. The number of carbonyl (C=O) groups is 1. The van der Waals surface area contributed by atoms with Gasteiger partial charge in [-0.2, -0.15) is 8.42 Å². The van der Waals surface area contributed by atoms with Crippen molar-refractivity contribution in [1.82, 2.24) is 15.2 Å². The highest BCUT2D eigenvalue weighted by atomic mass is 79.9. The van der Waals surface area contributed by atoms with Crippen LogP contribution in [0.5, 0.6) is 0 Å². The summed E-state index contributed by atoms with van der Waals surface area (Å²) in [5.41, 5.74) is -0.0397. The van der Waals surface area contributed by atoms with Gasteiger partial charge in [-0.05, 0) is 75.2 Å². The van der Waals surface area contributed by atoms with E-state index in [9.17, 15) is 22.2 Å². The lowest BCUT2D eigenvalue weighted by molar-refractivity contribution is -0.129. The Morgan fingerprint density at radius 2 is 1.88 bits per heavy atom. The minimum atomic E-state index is -4.59. The first-order valence-electron chi connectivity index (χ1n) is 9.15. The number of rotatable bonds is 4. The van der Waals surface area contributed by atoms with E-state index in [1.807, 2.05) is 0 Å². The molecule has 1 unspecified atom stereocenters. The highest BCUT2D eigenvalue weighted by Gasteiger charge is 2.51. The molecule has 2 N–H and O–H groups in total. The summed E-state index contributed by atoms with van der Waals surface area (Å²) in [4.78, 5) is 18.5. The van der Waals surface area contributed by atoms with E-state index in [-0.39, 0.29) is 21.1 Å². The van der Waals surface area contributed by atoms with Gasteiger partial charge in [0.15, 0.2) is 15.7 Å². The lowest BCUT2D eigenvalue weighted by Gasteiger charge is -2.29. The smallest absolute Gasteiger partial charge is 0.312 e. The first kappa shape index (κ1) is 22.5. The molecule has 0 bridgehead atoms. The van der Waals surface area contributed by atoms with Crippen molar-refractivity contribution in [2.24, 2.45) is 0 Å². The Bertz CT molecular complexity index is 1380. The Balaban J connectivity index is 1.97. The van der Waals surface area contributed by atoms with Crippen LogP contribution in [0.4, 0.5) is 4.39 Å². The fourth-order valence-corrected chi connectivity index (χ4v) is 4.94. The number of carbonyl (C=O) groups excluding carboxylic acids is 1. The lowest BCUT2D eigenvalue weighted by Crippen LogP contribution is -2.45. The number of thiocarbonyl (C=S) groups is 1. The van der Waals surface area contributed by atoms with Gasteiger partial charge in [0.05, 0.1) is 4.47 Å². The predicted octanol–water partition coefficient (Wildman–Crippen LogP) is 3.49. The van der Waals surface area contributed by atoms with Gasteiger partial charge in [-0.1, -0.05) is 24.3 Å². The van der Waals surface area contributed by atoms with Crippen LogP contribution < -0.4 is 5.32 Å². The molecule has 0 spiro atoms. The topological polar surface area (TPSA) is 99.6 Å². The van der Waals surface area contributed by atoms with Gasteiger partial charge in [0, 0.05) is 18.8 Å². The van der Waals surface area contributed by atoms with Crippen molar-refractivity contribution in [2.45, 2.75) is 10.6 Å². The van der Waals surface area contributed by atoms with Gasteiger partial charge < -0.3 is 5.32 Å². The molecular formula is C21H15BrFN3O4S2. The second-order valence-electron chi connectivity index (χ2n) is 7.09. The summed E-state index contributed by atoms with van der Waals surface area (Å²) in [6, 6.07) is 13.8. The SMILES string of the molecule is CN1C(=O)C(c2cccc(-c3cccnc3S(=O)(=O)O)c2)(c2ccc(F)c(Br)c2)NC1=S. The number of benzene rings is 2. The summed E-state index contributed by atoms with van der Waals surface area (Å²) in [5, 5.41) is 2.73. The van der Waals surface area contributed by atoms with E-state index < -0.39 is 26.5 Å². The van der Waals surface area contributed by atoms with Crippen LogP contribution in [0.15, 0.2) is 70.3 Å². The Morgan fingerprint density at radius 3 is 2.50 bits per heavy atom. The molecule has 2 aromatic carbocycles. The van der Waals surface area contributed by atoms with Crippen molar-refractivity contribution in [2.75, 3.05) is 7.05 Å². The number of halogens is 2. The van der Waals surface area contributed by atoms with Gasteiger partial charge in [-0.15, -0.1) is 0 Å². The maximum Gasteiger partial charge on any atom is 0.312 e. The van der Waals surface area contributed by atoms with Crippen LogP contribution in [0, 0.1) is 5.82 Å². The van der Waals surface area contributed by atoms with Gasteiger partial charge in [0.25, 0.3) is 5.91 Å². The second-order valence-corrected chi connectivity index (χ2v) is 9.66. The first-order valence-corrected chi connectivity index (χ1v) is 11.8. The third kappa shape index (κ3) is 3.60. The van der Waals surface area contributed by atoms with Crippen LogP contribution in [-0.4, -0.2) is 40.9 Å². The standard InChI is InChI=1S/C21H15BrFN3O4S2/c1-26-19(27)21(25-20(26)31,14-7-8-17(23)16(22)11-14)13-5-2-4-12(10-13)15-6-3-9-24-18(15)32(28,29)30/h2-11H,1H3,(H,25,31)(H,28,29,30). The Morgan fingerprint density at radius 1 is 1.16 bits per heavy atom. The van der Waals surface area contributed by atoms with Crippen molar-refractivity contribution < 1.29 is 22.2 Å². The Hall–Kier alpha value is -2.73. The minimum absolute atomic E-state index is 0.161. The molecule has 0 saturated carbocycles. The normalized spacial score (nSPS) is 18.7. The van der Waals surface area contributed by atoms with Crippen LogP contribution in [0.3, 0.4) is 0 Å². The summed E-state index contributed by atoms with van der Waals surface area (Å²) in [6.45, 7) is 0. The molecule has 1 aliphatic heterocycles. The van der Waals surface area contributed by atoms with Gasteiger partial charge in [-0.25, -0.2) is 9.37 Å². The van der Waals surface area contributed by atoms with Crippen LogP contribution >= 0.6 is 28.1 Å². The van der Waals surface area contributed by atoms with E-state index in [4.69, 9.17) is 12.2 Å². The molecule has 1 atom stereocenters. The summed E-state index contributed by atoms with van der Waals surface area (Å²) in [5.74, 6) is -0.883. The van der Waals surface area contributed by atoms with Gasteiger partial charge in [-0.3, -0.25) is 14.2 Å². The summed E-state index contributed by atoms with van der Waals surface area (Å²) < 4.78 is 47.3. The van der Waals surface area contributed by atoms with E-state index in [0.29, 0.717) is 16.7 Å². The molecule has 2 heterocycles. The first-order chi connectivity index (χ1) is 15.1. The van der Waals surface area contributed by atoms with Crippen molar-refractivity contribution in [3.8, 4) is 11.1 Å². The van der Waals surface area contributed by atoms with E-state index in [0.717, 1.165) is 0 Å². The van der Waals surface area contributed by atoms with Gasteiger partial charge in [0.2, 0.25) is 0 Å². The van der Waals surface area contributed by atoms with Crippen LogP contribution in [0.2, 0.25) is 0 Å². The fourth-order valence-electron chi connectivity index (χ4n) is 3.66. The molecule has 164 valence electrons. The van der Waals surface area contributed by atoms with E-state index in [1.165, 1.54) is 48.5 Å². The van der Waals surface area contributed by atoms with Crippen LogP contribution in [0.1, 0.15) is 11.1 Å². The quantitative estimate of drug-likeness (QED) is 0.389. The third-order valence-corrected chi connectivity index (χ3v) is 7.00. The van der Waals surface area contributed by atoms with Crippen LogP contribution in [-0.2, 0) is 20.5 Å². The zero-order valence-corrected chi connectivity index (χ0v) is 19.6. The molecule has 4 rings (SSSR count). The maximum absolute atomic E-state index is 13.9. The van der Waals surface area contributed by atoms with Crippen LogP contribution in [0.25, 0.3) is 11.1 Å². The molecule has 0 aliphatic carbocycles. The highest BCUT2D eigenvalue weighted by molar-refractivity contribution is 9.10. The fraction of sp³-hybridized carbons (Fsp3) is 0.0952. The molecule has 11 heteroatoms. The zero-order chi connectivity index (χ0) is 23.3. The molecule has 1 aromatic heterocycles. The van der Waals surface area contributed by atoms with Crippen molar-refractivity contribution in [3.05, 3.63) is 82.2 Å². The molecule has 1 saturated heterocycles. The number of hydrogen-bond acceptors (Lipinski definition) is 5. The molecule has 3 aromatic rings. The average Bonchev–Trinajstić information content (AvgIpc) is 3.00. The predicted molar refractivity (Wildman–Crippen MR) is 123 cm³/mol. The number of likely N-dealkylation sites (N-methyl/N-ethyl adjacent to an activating group) is 1. The van der Waals surface area contributed by atoms with E-state index in [1.54, 1.807) is 24.3 Å². The number of aromatic nitrogens is 1. The lowest BCUT2D eigenvalue weighted by atomic mass is 9.81. The highest BCUT2D eigenvalue weighted by Crippen LogP contribution is 2.39. The Labute approximate surface area is 197 Å². The largest absolute Gasteiger partial charge is 0.341 e. The van der Waals surface area contributed by atoms with E-state index >= 15 is 0 Å². The summed E-state index contributed by atoms with van der Waals surface area (Å²) in [6.07, 6.45) is 1.25. The number of amides is 1. The minimum Gasteiger partial charge on any atom is -0.341 e. The molecule has 7 nitrogen and oxygen atoms in total. The van der Waals surface area contributed by atoms with Crippen molar-refractivity contribution in [1.29, 1.82) is 0 Å². The summed E-state index contributed by atoms with van der Waals surface area (Å²) >= 11 is 8.47. The molecule has 1 amide bonds. The number of pyridine rings is 1. The molecule has 1 fully saturated rings. The Kier molecular flexibility index (Phi) is 5.61.